The van der Waals surface area contributed by atoms with Crippen LogP contribution in [0.2, 0.25) is 0 Å². The van der Waals surface area contributed by atoms with Gasteiger partial charge in [0, 0.05) is 30.2 Å². The average molecular weight is 300 g/mol. The van der Waals surface area contributed by atoms with Crippen LogP contribution in [0.15, 0.2) is 67.0 Å². The van der Waals surface area contributed by atoms with Crippen molar-refractivity contribution in [1.82, 2.24) is 9.97 Å². The minimum absolute atomic E-state index is 0.254. The molecule has 3 aromatic rings. The van der Waals surface area contributed by atoms with Crippen molar-refractivity contribution < 1.29 is 0 Å². The van der Waals surface area contributed by atoms with E-state index in [0.29, 0.717) is 0 Å². The molecule has 0 aliphatic rings. The van der Waals surface area contributed by atoms with Crippen molar-refractivity contribution in [2.75, 3.05) is 11.1 Å². The Balaban J connectivity index is 1.62. The Morgan fingerprint density at radius 2 is 1.48 bits per heavy atom. The first-order chi connectivity index (χ1) is 11.3. The maximum Gasteiger partial charge on any atom is 0.219 e. The van der Waals surface area contributed by atoms with Crippen LogP contribution in [0.25, 0.3) is 0 Å². The number of nitrogens with two attached hydrogens (primary N) is 1. The molecule has 23 heavy (non-hydrogen) atoms. The molecule has 4 heteroatoms. The highest BCUT2D eigenvalue weighted by atomic mass is 15.0. The highest BCUT2D eigenvalue weighted by Gasteiger charge is 1.94. The van der Waals surface area contributed by atoms with Gasteiger partial charge in [-0.15, -0.1) is 0 Å². The molecule has 0 atom stereocenters. The van der Waals surface area contributed by atoms with Gasteiger partial charge in [-0.1, -0.05) is 42.2 Å². The van der Waals surface area contributed by atoms with Crippen molar-refractivity contribution in [3.63, 3.8) is 0 Å². The Morgan fingerprint density at radius 1 is 0.826 bits per heavy atom. The summed E-state index contributed by atoms with van der Waals surface area (Å²) in [6.45, 7) is 0.800. The molecule has 3 rings (SSSR count). The summed E-state index contributed by atoms with van der Waals surface area (Å²) in [5, 5.41) is 3.39. The Morgan fingerprint density at radius 3 is 2.17 bits per heavy atom. The van der Waals surface area contributed by atoms with Crippen LogP contribution in [0, 0.1) is 11.8 Å². The van der Waals surface area contributed by atoms with Crippen LogP contribution in [0.3, 0.4) is 0 Å². The molecule has 112 valence electrons. The molecule has 0 aliphatic carbocycles. The summed E-state index contributed by atoms with van der Waals surface area (Å²) in [6, 6.07) is 18.3. The molecule has 3 N–H and O–H groups in total. The Kier molecular flexibility index (Phi) is 4.51. The quantitative estimate of drug-likeness (QED) is 0.730. The highest BCUT2D eigenvalue weighted by molar-refractivity contribution is 5.50. The van der Waals surface area contributed by atoms with E-state index in [-0.39, 0.29) is 5.95 Å². The summed E-state index contributed by atoms with van der Waals surface area (Å²) in [6.07, 6.45) is 3.23. The van der Waals surface area contributed by atoms with Crippen molar-refractivity contribution in [3.8, 4) is 11.8 Å². The second kappa shape index (κ2) is 7.10. The summed E-state index contributed by atoms with van der Waals surface area (Å²) in [5.41, 5.74) is 9.44. The predicted octanol–water partition coefficient (Wildman–Crippen LogP) is 3.07. The van der Waals surface area contributed by atoms with Gasteiger partial charge in [0.05, 0.1) is 5.56 Å². The first-order valence-corrected chi connectivity index (χ1v) is 7.27. The number of hydrogen-bond acceptors (Lipinski definition) is 4. The molecule has 0 saturated carbocycles. The number of rotatable bonds is 3. The van der Waals surface area contributed by atoms with E-state index in [1.54, 1.807) is 12.4 Å². The minimum atomic E-state index is 0.254. The fourth-order valence-corrected chi connectivity index (χ4v) is 2.02. The first kappa shape index (κ1) is 14.6. The number of benzene rings is 2. The maximum absolute atomic E-state index is 5.44. The molecule has 1 aromatic heterocycles. The largest absolute Gasteiger partial charge is 0.381 e. The van der Waals surface area contributed by atoms with E-state index in [9.17, 15) is 0 Å². The lowest BCUT2D eigenvalue weighted by Crippen LogP contribution is -1.98. The summed E-state index contributed by atoms with van der Waals surface area (Å²) in [5.74, 6) is 6.35. The van der Waals surface area contributed by atoms with Crippen molar-refractivity contribution in [2.45, 2.75) is 6.54 Å². The van der Waals surface area contributed by atoms with Crippen LogP contribution in [0.1, 0.15) is 16.7 Å². The van der Waals surface area contributed by atoms with E-state index in [1.165, 1.54) is 5.56 Å². The maximum atomic E-state index is 5.44. The van der Waals surface area contributed by atoms with E-state index in [4.69, 9.17) is 5.73 Å². The number of hydrogen-bond donors (Lipinski definition) is 2. The molecule has 4 nitrogen and oxygen atoms in total. The lowest BCUT2D eigenvalue weighted by Gasteiger charge is -2.06. The molecular weight excluding hydrogens is 284 g/mol. The fraction of sp³-hybridized carbons (Fsp3) is 0.0526. The number of nitrogens with one attached hydrogen (secondary N) is 1. The van der Waals surface area contributed by atoms with E-state index < -0.39 is 0 Å². The third-order valence-electron chi connectivity index (χ3n) is 3.25. The topological polar surface area (TPSA) is 63.8 Å². The van der Waals surface area contributed by atoms with Gasteiger partial charge in [-0.25, -0.2) is 9.97 Å². The van der Waals surface area contributed by atoms with Crippen LogP contribution in [-0.4, -0.2) is 9.97 Å². The standard InChI is InChI=1S/C19H16N4/c20-19-22-13-17(14-23-19)7-6-15-8-10-18(11-9-15)21-12-16-4-2-1-3-5-16/h1-5,8-11,13-14,21H,12H2,(H2,20,22,23). The Hall–Kier alpha value is -3.32. The van der Waals surface area contributed by atoms with Gasteiger partial charge < -0.3 is 11.1 Å². The monoisotopic (exact) mass is 300 g/mol. The summed E-state index contributed by atoms with van der Waals surface area (Å²) >= 11 is 0. The fourth-order valence-electron chi connectivity index (χ4n) is 2.02. The van der Waals surface area contributed by atoms with Crippen molar-refractivity contribution >= 4 is 11.6 Å². The number of anilines is 2. The third-order valence-corrected chi connectivity index (χ3v) is 3.25. The van der Waals surface area contributed by atoms with Gasteiger partial charge in [0.2, 0.25) is 5.95 Å². The van der Waals surface area contributed by atoms with Gasteiger partial charge in [0.15, 0.2) is 0 Å². The molecular formula is C19H16N4. The Bertz CT molecular complexity index is 813. The van der Waals surface area contributed by atoms with E-state index in [0.717, 1.165) is 23.4 Å². The normalized spacial score (nSPS) is 9.74. The van der Waals surface area contributed by atoms with Crippen LogP contribution in [0.5, 0.6) is 0 Å². The van der Waals surface area contributed by atoms with Gasteiger partial charge >= 0.3 is 0 Å². The SMILES string of the molecule is Nc1ncc(C#Cc2ccc(NCc3ccccc3)cc2)cn1. The molecule has 0 bridgehead atoms. The molecule has 0 fully saturated rings. The summed E-state index contributed by atoms with van der Waals surface area (Å²) in [7, 11) is 0. The Labute approximate surface area is 135 Å². The summed E-state index contributed by atoms with van der Waals surface area (Å²) in [4.78, 5) is 7.83. The van der Waals surface area contributed by atoms with Crippen LogP contribution >= 0.6 is 0 Å². The van der Waals surface area contributed by atoms with Crippen molar-refractivity contribution in [3.05, 3.63) is 83.7 Å². The zero-order valence-electron chi connectivity index (χ0n) is 12.5. The van der Waals surface area contributed by atoms with Gasteiger partial charge in [-0.2, -0.15) is 0 Å². The van der Waals surface area contributed by atoms with Crippen LogP contribution in [-0.2, 0) is 6.54 Å². The zero-order valence-corrected chi connectivity index (χ0v) is 12.5. The molecule has 0 radical (unpaired) electrons. The molecule has 0 amide bonds. The van der Waals surface area contributed by atoms with Gasteiger partial charge in [0.25, 0.3) is 0 Å². The number of nitrogen functional groups attached to an aromatic ring is 1. The predicted molar refractivity (Wildman–Crippen MR) is 92.6 cm³/mol. The molecule has 0 saturated heterocycles. The molecule has 2 aromatic carbocycles. The van der Waals surface area contributed by atoms with Crippen LogP contribution < -0.4 is 11.1 Å². The number of aromatic nitrogens is 2. The zero-order chi connectivity index (χ0) is 15.9. The van der Waals surface area contributed by atoms with E-state index in [2.05, 4.69) is 39.3 Å². The van der Waals surface area contributed by atoms with Crippen LogP contribution in [0.4, 0.5) is 11.6 Å². The third kappa shape index (κ3) is 4.32. The lowest BCUT2D eigenvalue weighted by molar-refractivity contribution is 1.15. The molecule has 0 unspecified atom stereocenters. The van der Waals surface area contributed by atoms with Gasteiger partial charge in [-0.05, 0) is 29.8 Å². The van der Waals surface area contributed by atoms with Gasteiger partial charge in [-0.3, -0.25) is 0 Å². The van der Waals surface area contributed by atoms with E-state index >= 15 is 0 Å². The average Bonchev–Trinajstić information content (AvgIpc) is 2.61. The van der Waals surface area contributed by atoms with E-state index in [1.807, 2.05) is 42.5 Å². The second-order valence-corrected chi connectivity index (χ2v) is 5.00. The highest BCUT2D eigenvalue weighted by Crippen LogP contribution is 2.11. The number of nitrogens with zero attached hydrogens (tertiary/aromatic N) is 2. The lowest BCUT2D eigenvalue weighted by atomic mass is 10.2. The second-order valence-electron chi connectivity index (χ2n) is 5.00. The molecule has 1 heterocycles. The minimum Gasteiger partial charge on any atom is -0.381 e. The van der Waals surface area contributed by atoms with Gasteiger partial charge in [0.1, 0.15) is 0 Å². The van der Waals surface area contributed by atoms with Crippen molar-refractivity contribution in [2.24, 2.45) is 0 Å². The first-order valence-electron chi connectivity index (χ1n) is 7.27. The molecule has 0 spiro atoms. The molecule has 0 aliphatic heterocycles. The summed E-state index contributed by atoms with van der Waals surface area (Å²) < 4.78 is 0. The van der Waals surface area contributed by atoms with Crippen molar-refractivity contribution in [1.29, 1.82) is 0 Å². The smallest absolute Gasteiger partial charge is 0.219 e.